The number of ether oxygens (including phenoxy) is 1. The van der Waals surface area contributed by atoms with Crippen molar-refractivity contribution in [2.45, 2.75) is 13.5 Å². The molecule has 0 aliphatic rings. The Morgan fingerprint density at radius 3 is 2.52 bits per heavy atom. The Morgan fingerprint density at radius 2 is 1.83 bits per heavy atom. The molecule has 2 aromatic carbocycles. The molecule has 0 saturated heterocycles. The average molecular weight is 372 g/mol. The molecule has 1 heterocycles. The number of esters is 1. The van der Waals surface area contributed by atoms with Crippen molar-refractivity contribution < 1.29 is 9.53 Å². The molecule has 116 valence electrons. The van der Waals surface area contributed by atoms with E-state index in [4.69, 9.17) is 4.74 Å². The second-order valence-electron chi connectivity index (χ2n) is 5.07. The molecule has 1 aromatic heterocycles. The molecular formula is C17H14BrN3O2. The Kier molecular flexibility index (Phi) is 4.52. The van der Waals surface area contributed by atoms with Crippen LogP contribution in [0.1, 0.15) is 21.6 Å². The van der Waals surface area contributed by atoms with Crippen LogP contribution < -0.4 is 0 Å². The zero-order chi connectivity index (χ0) is 16.2. The molecule has 5 nitrogen and oxygen atoms in total. The highest BCUT2D eigenvalue weighted by molar-refractivity contribution is 9.10. The van der Waals surface area contributed by atoms with Crippen LogP contribution in [0.4, 0.5) is 0 Å². The largest absolute Gasteiger partial charge is 0.455 e. The van der Waals surface area contributed by atoms with Crippen molar-refractivity contribution in [2.75, 3.05) is 0 Å². The summed E-state index contributed by atoms with van der Waals surface area (Å²) in [5.74, 6) is -0.387. The van der Waals surface area contributed by atoms with Crippen LogP contribution in [-0.2, 0) is 11.3 Å². The lowest BCUT2D eigenvalue weighted by Crippen LogP contribution is -2.05. The molecule has 0 spiro atoms. The molecule has 23 heavy (non-hydrogen) atoms. The zero-order valence-electron chi connectivity index (χ0n) is 12.4. The standard InChI is InChI=1S/C17H14BrN3O2/c1-12-2-8-16(9-3-12)21-10-15(19-20-21)11-23-17(22)13-4-6-14(18)7-5-13/h2-10H,11H2,1H3. The van der Waals surface area contributed by atoms with E-state index in [0.29, 0.717) is 11.3 Å². The minimum Gasteiger partial charge on any atom is -0.455 e. The predicted octanol–water partition coefficient (Wildman–Crippen LogP) is 3.70. The molecule has 3 rings (SSSR count). The van der Waals surface area contributed by atoms with Gasteiger partial charge < -0.3 is 4.74 Å². The number of carbonyl (C=O) groups is 1. The molecule has 0 aliphatic heterocycles. The number of halogens is 1. The van der Waals surface area contributed by atoms with Crippen molar-refractivity contribution >= 4 is 21.9 Å². The lowest BCUT2D eigenvalue weighted by atomic mass is 10.2. The van der Waals surface area contributed by atoms with Crippen LogP contribution in [0, 0.1) is 6.92 Å². The molecule has 0 aliphatic carbocycles. The highest BCUT2D eigenvalue weighted by atomic mass is 79.9. The van der Waals surface area contributed by atoms with Crippen molar-refractivity contribution in [2.24, 2.45) is 0 Å². The first-order chi connectivity index (χ1) is 11.1. The van der Waals surface area contributed by atoms with Gasteiger partial charge in [-0.2, -0.15) is 0 Å². The summed E-state index contributed by atoms with van der Waals surface area (Å²) >= 11 is 3.33. The van der Waals surface area contributed by atoms with Gasteiger partial charge in [0.1, 0.15) is 12.3 Å². The van der Waals surface area contributed by atoms with Crippen LogP contribution in [0.25, 0.3) is 5.69 Å². The first-order valence-corrected chi connectivity index (χ1v) is 7.82. The zero-order valence-corrected chi connectivity index (χ0v) is 14.0. The summed E-state index contributed by atoms with van der Waals surface area (Å²) in [6, 6.07) is 14.9. The van der Waals surface area contributed by atoms with Gasteiger partial charge in [0.15, 0.2) is 0 Å². The molecule has 0 N–H and O–H groups in total. The molecule has 6 heteroatoms. The number of hydrogen-bond acceptors (Lipinski definition) is 4. The normalized spacial score (nSPS) is 10.5. The van der Waals surface area contributed by atoms with E-state index >= 15 is 0 Å². The Bertz CT molecular complexity index is 811. The minimum absolute atomic E-state index is 0.0841. The van der Waals surface area contributed by atoms with E-state index in [9.17, 15) is 4.79 Å². The third-order valence-electron chi connectivity index (χ3n) is 3.27. The van der Waals surface area contributed by atoms with Gasteiger partial charge in [0, 0.05) is 4.47 Å². The van der Waals surface area contributed by atoms with E-state index in [1.54, 1.807) is 35.1 Å². The molecule has 0 unspecified atom stereocenters. The summed E-state index contributed by atoms with van der Waals surface area (Å²) in [5, 5.41) is 8.07. The van der Waals surface area contributed by atoms with Crippen LogP contribution in [-0.4, -0.2) is 21.0 Å². The topological polar surface area (TPSA) is 57.0 Å². The van der Waals surface area contributed by atoms with Gasteiger partial charge in [0.2, 0.25) is 0 Å². The Hall–Kier alpha value is -2.47. The van der Waals surface area contributed by atoms with E-state index in [-0.39, 0.29) is 12.6 Å². The van der Waals surface area contributed by atoms with E-state index in [1.165, 1.54) is 5.56 Å². The number of aryl methyl sites for hydroxylation is 1. The summed E-state index contributed by atoms with van der Waals surface area (Å²) < 4.78 is 7.82. The second kappa shape index (κ2) is 6.75. The number of aromatic nitrogens is 3. The van der Waals surface area contributed by atoms with Gasteiger partial charge in [0.05, 0.1) is 17.4 Å². The number of rotatable bonds is 4. The van der Waals surface area contributed by atoms with E-state index < -0.39 is 0 Å². The fourth-order valence-corrected chi connectivity index (χ4v) is 2.26. The van der Waals surface area contributed by atoms with Gasteiger partial charge in [-0.25, -0.2) is 9.48 Å². The first-order valence-electron chi connectivity index (χ1n) is 7.03. The Morgan fingerprint density at radius 1 is 1.13 bits per heavy atom. The van der Waals surface area contributed by atoms with Gasteiger partial charge >= 0.3 is 5.97 Å². The average Bonchev–Trinajstić information content (AvgIpc) is 3.03. The summed E-state index contributed by atoms with van der Waals surface area (Å²) in [5.41, 5.74) is 3.18. The van der Waals surface area contributed by atoms with Gasteiger partial charge in [-0.1, -0.05) is 38.8 Å². The van der Waals surface area contributed by atoms with Crippen molar-refractivity contribution in [1.29, 1.82) is 0 Å². The molecule has 0 fully saturated rings. The highest BCUT2D eigenvalue weighted by Gasteiger charge is 2.09. The maximum absolute atomic E-state index is 12.0. The van der Waals surface area contributed by atoms with Crippen LogP contribution in [0.5, 0.6) is 0 Å². The van der Waals surface area contributed by atoms with E-state index in [0.717, 1.165) is 10.2 Å². The quantitative estimate of drug-likeness (QED) is 0.656. The van der Waals surface area contributed by atoms with Crippen molar-refractivity contribution in [3.63, 3.8) is 0 Å². The fourth-order valence-electron chi connectivity index (χ4n) is 2.00. The summed E-state index contributed by atoms with van der Waals surface area (Å²) in [4.78, 5) is 12.0. The number of hydrogen-bond donors (Lipinski definition) is 0. The molecule has 0 atom stereocenters. The third kappa shape index (κ3) is 3.84. The lowest BCUT2D eigenvalue weighted by Gasteiger charge is -2.02. The molecule has 0 amide bonds. The van der Waals surface area contributed by atoms with E-state index in [2.05, 4.69) is 26.2 Å². The van der Waals surface area contributed by atoms with Gasteiger partial charge in [-0.3, -0.25) is 0 Å². The van der Waals surface area contributed by atoms with Crippen LogP contribution >= 0.6 is 15.9 Å². The smallest absolute Gasteiger partial charge is 0.338 e. The number of carbonyl (C=O) groups excluding carboxylic acids is 1. The fraction of sp³-hybridized carbons (Fsp3) is 0.118. The third-order valence-corrected chi connectivity index (χ3v) is 3.80. The van der Waals surface area contributed by atoms with Crippen LogP contribution in [0.3, 0.4) is 0 Å². The first kappa shape index (κ1) is 15.4. The summed E-state index contributed by atoms with van der Waals surface area (Å²) in [6.07, 6.45) is 1.75. The summed E-state index contributed by atoms with van der Waals surface area (Å²) in [6.45, 7) is 2.11. The Labute approximate surface area is 142 Å². The highest BCUT2D eigenvalue weighted by Crippen LogP contribution is 2.12. The van der Waals surface area contributed by atoms with Gasteiger partial charge in [-0.15, -0.1) is 5.10 Å². The molecule has 0 saturated carbocycles. The minimum atomic E-state index is -0.387. The lowest BCUT2D eigenvalue weighted by molar-refractivity contribution is 0.0467. The Balaban J connectivity index is 1.64. The predicted molar refractivity (Wildman–Crippen MR) is 89.4 cm³/mol. The maximum atomic E-state index is 12.0. The SMILES string of the molecule is Cc1ccc(-n2cc(COC(=O)c3ccc(Br)cc3)nn2)cc1. The van der Waals surface area contributed by atoms with Crippen LogP contribution in [0.2, 0.25) is 0 Å². The van der Waals surface area contributed by atoms with Crippen molar-refractivity contribution in [3.05, 3.63) is 76.0 Å². The van der Waals surface area contributed by atoms with E-state index in [1.807, 2.05) is 31.2 Å². The molecule has 3 aromatic rings. The van der Waals surface area contributed by atoms with Gasteiger partial charge in [0.25, 0.3) is 0 Å². The second-order valence-corrected chi connectivity index (χ2v) is 5.99. The number of nitrogens with zero attached hydrogens (tertiary/aromatic N) is 3. The van der Waals surface area contributed by atoms with Crippen molar-refractivity contribution in [1.82, 2.24) is 15.0 Å². The monoisotopic (exact) mass is 371 g/mol. The summed E-state index contributed by atoms with van der Waals surface area (Å²) in [7, 11) is 0. The van der Waals surface area contributed by atoms with Gasteiger partial charge in [-0.05, 0) is 43.3 Å². The van der Waals surface area contributed by atoms with Crippen LogP contribution in [0.15, 0.2) is 59.2 Å². The number of benzene rings is 2. The molecule has 0 bridgehead atoms. The maximum Gasteiger partial charge on any atom is 0.338 e. The molecular weight excluding hydrogens is 358 g/mol. The molecule has 0 radical (unpaired) electrons. The van der Waals surface area contributed by atoms with Crippen molar-refractivity contribution in [3.8, 4) is 5.69 Å².